The van der Waals surface area contributed by atoms with Crippen LogP contribution in [0.15, 0.2) is 22.7 Å². The molecule has 0 aliphatic heterocycles. The molecule has 7 nitrogen and oxygen atoms in total. The minimum Gasteiger partial charge on any atom is -0.483 e. The van der Waals surface area contributed by atoms with Crippen LogP contribution in [0.4, 0.5) is 4.79 Å². The molecule has 8 heteroatoms. The van der Waals surface area contributed by atoms with Gasteiger partial charge in [-0.1, -0.05) is 0 Å². The zero-order chi connectivity index (χ0) is 16.0. The zero-order valence-corrected chi connectivity index (χ0v) is 13.1. The molecule has 0 aliphatic carbocycles. The number of hydrogen-bond acceptors (Lipinski definition) is 4. The van der Waals surface area contributed by atoms with Crippen molar-refractivity contribution in [3.63, 3.8) is 0 Å². The first-order valence-corrected chi connectivity index (χ1v) is 6.85. The van der Waals surface area contributed by atoms with Crippen LogP contribution in [0.25, 0.3) is 0 Å². The molecule has 0 unspecified atom stereocenters. The van der Waals surface area contributed by atoms with Gasteiger partial charge in [-0.3, -0.25) is 10.1 Å². The lowest BCUT2D eigenvalue weighted by Gasteiger charge is -2.11. The molecule has 21 heavy (non-hydrogen) atoms. The van der Waals surface area contributed by atoms with Gasteiger partial charge in [0.1, 0.15) is 5.75 Å². The van der Waals surface area contributed by atoms with Gasteiger partial charge in [0.05, 0.1) is 10.0 Å². The van der Waals surface area contributed by atoms with Gasteiger partial charge in [0.15, 0.2) is 6.61 Å². The molecule has 1 rings (SSSR count). The number of rotatable bonds is 5. The number of amides is 3. The second kappa shape index (κ2) is 7.63. The maximum absolute atomic E-state index is 11.5. The van der Waals surface area contributed by atoms with Crippen molar-refractivity contribution >= 4 is 33.8 Å². The predicted molar refractivity (Wildman–Crippen MR) is 78.4 cm³/mol. The number of carbonyl (C=O) groups is 3. The Hall–Kier alpha value is -2.09. The quantitative estimate of drug-likeness (QED) is 0.743. The van der Waals surface area contributed by atoms with E-state index in [1.807, 2.05) is 0 Å². The first kappa shape index (κ1) is 17.0. The average molecular weight is 359 g/mol. The predicted octanol–water partition coefficient (Wildman–Crippen LogP) is 1.76. The lowest BCUT2D eigenvalue weighted by molar-refractivity contribution is -0.122. The molecule has 0 saturated heterocycles. The fourth-order valence-electron chi connectivity index (χ4n) is 1.35. The fourth-order valence-corrected chi connectivity index (χ4v) is 1.71. The minimum atomic E-state index is -1.10. The van der Waals surface area contributed by atoms with Gasteiger partial charge in [-0.15, -0.1) is 0 Å². The highest BCUT2D eigenvalue weighted by molar-refractivity contribution is 9.10. The van der Waals surface area contributed by atoms with Crippen molar-refractivity contribution in [1.29, 1.82) is 0 Å². The smallest absolute Gasteiger partial charge is 0.335 e. The number of ether oxygens (including phenoxy) is 1. The second-order valence-electron chi connectivity index (χ2n) is 4.42. The number of urea groups is 1. The SMILES string of the molecule is CC(C)NC(=O)NC(=O)COc1cc(C(=O)O)ccc1Br. The summed E-state index contributed by atoms with van der Waals surface area (Å²) in [6, 6.07) is 3.47. The van der Waals surface area contributed by atoms with E-state index in [4.69, 9.17) is 9.84 Å². The lowest BCUT2D eigenvalue weighted by Crippen LogP contribution is -2.44. The topological polar surface area (TPSA) is 105 Å². The van der Waals surface area contributed by atoms with Gasteiger partial charge < -0.3 is 15.2 Å². The van der Waals surface area contributed by atoms with Crippen molar-refractivity contribution in [3.8, 4) is 5.75 Å². The van der Waals surface area contributed by atoms with Crippen LogP contribution in [0.1, 0.15) is 24.2 Å². The highest BCUT2D eigenvalue weighted by atomic mass is 79.9. The largest absolute Gasteiger partial charge is 0.483 e. The number of nitrogens with one attached hydrogen (secondary N) is 2. The fraction of sp³-hybridized carbons (Fsp3) is 0.308. The van der Waals surface area contributed by atoms with Crippen LogP contribution < -0.4 is 15.4 Å². The molecule has 0 spiro atoms. The molecule has 3 N–H and O–H groups in total. The number of carbonyl (C=O) groups excluding carboxylic acids is 2. The Morgan fingerprint density at radius 1 is 1.33 bits per heavy atom. The molecule has 0 bridgehead atoms. The summed E-state index contributed by atoms with van der Waals surface area (Å²) in [7, 11) is 0. The number of hydrogen-bond donors (Lipinski definition) is 3. The summed E-state index contributed by atoms with van der Waals surface area (Å²) in [5, 5.41) is 13.5. The third-order valence-corrected chi connectivity index (χ3v) is 2.86. The number of carboxylic acids is 1. The van der Waals surface area contributed by atoms with Crippen LogP contribution in [0.5, 0.6) is 5.75 Å². The lowest BCUT2D eigenvalue weighted by atomic mass is 10.2. The van der Waals surface area contributed by atoms with Gasteiger partial charge in [0, 0.05) is 6.04 Å². The van der Waals surface area contributed by atoms with E-state index < -0.39 is 24.5 Å². The van der Waals surface area contributed by atoms with E-state index in [0.29, 0.717) is 4.47 Å². The first-order chi connectivity index (χ1) is 9.79. The van der Waals surface area contributed by atoms with Gasteiger partial charge in [-0.25, -0.2) is 9.59 Å². The first-order valence-electron chi connectivity index (χ1n) is 6.05. The Morgan fingerprint density at radius 2 is 2.00 bits per heavy atom. The molecule has 3 amide bonds. The molecule has 1 aromatic carbocycles. The Kier molecular flexibility index (Phi) is 6.16. The third kappa shape index (κ3) is 5.82. The monoisotopic (exact) mass is 358 g/mol. The standard InChI is InChI=1S/C13H15BrN2O5/c1-7(2)15-13(20)16-11(17)6-21-10-5-8(12(18)19)3-4-9(10)14/h3-5,7H,6H2,1-2H3,(H,18,19)(H2,15,16,17,20). The summed E-state index contributed by atoms with van der Waals surface area (Å²) < 4.78 is 5.70. The molecule has 1 aromatic rings. The van der Waals surface area contributed by atoms with Crippen LogP contribution in [-0.4, -0.2) is 35.7 Å². The molecule has 0 atom stereocenters. The van der Waals surface area contributed by atoms with E-state index in [2.05, 4.69) is 26.6 Å². The highest BCUT2D eigenvalue weighted by Gasteiger charge is 2.12. The molecule has 0 fully saturated rings. The Bertz CT molecular complexity index is 559. The summed E-state index contributed by atoms with van der Waals surface area (Å²) in [5.41, 5.74) is 0.0335. The highest BCUT2D eigenvalue weighted by Crippen LogP contribution is 2.26. The van der Waals surface area contributed by atoms with Crippen molar-refractivity contribution in [2.45, 2.75) is 19.9 Å². The minimum absolute atomic E-state index is 0.0335. The van der Waals surface area contributed by atoms with Crippen molar-refractivity contribution < 1.29 is 24.2 Å². The van der Waals surface area contributed by atoms with Crippen molar-refractivity contribution in [2.24, 2.45) is 0 Å². The average Bonchev–Trinajstić information content (AvgIpc) is 2.36. The number of aromatic carboxylic acids is 1. The molecule has 0 saturated carbocycles. The maximum atomic E-state index is 11.5. The van der Waals surface area contributed by atoms with Gasteiger partial charge >= 0.3 is 12.0 Å². The third-order valence-electron chi connectivity index (χ3n) is 2.21. The normalized spacial score (nSPS) is 10.1. The van der Waals surface area contributed by atoms with Crippen LogP contribution >= 0.6 is 15.9 Å². The zero-order valence-electron chi connectivity index (χ0n) is 11.5. The Labute approximate surface area is 129 Å². The maximum Gasteiger partial charge on any atom is 0.335 e. The molecular formula is C13H15BrN2O5. The second-order valence-corrected chi connectivity index (χ2v) is 5.27. The number of carboxylic acid groups (broad SMARTS) is 1. The van der Waals surface area contributed by atoms with E-state index in [0.717, 1.165) is 0 Å². The molecule has 0 heterocycles. The molecule has 114 valence electrons. The number of benzene rings is 1. The van der Waals surface area contributed by atoms with Gasteiger partial charge in [-0.2, -0.15) is 0 Å². The van der Waals surface area contributed by atoms with E-state index in [9.17, 15) is 14.4 Å². The Morgan fingerprint density at radius 3 is 2.57 bits per heavy atom. The van der Waals surface area contributed by atoms with Crippen LogP contribution in [-0.2, 0) is 4.79 Å². The molecular weight excluding hydrogens is 344 g/mol. The van der Waals surface area contributed by atoms with Gasteiger partial charge in [0.2, 0.25) is 0 Å². The Balaban J connectivity index is 2.59. The van der Waals surface area contributed by atoms with Gasteiger partial charge in [0.25, 0.3) is 5.91 Å². The number of imide groups is 1. The summed E-state index contributed by atoms with van der Waals surface area (Å²) in [5.74, 6) is -1.54. The van der Waals surface area contributed by atoms with Crippen molar-refractivity contribution in [2.75, 3.05) is 6.61 Å². The van der Waals surface area contributed by atoms with Crippen LogP contribution in [0, 0.1) is 0 Å². The molecule has 0 aromatic heterocycles. The van der Waals surface area contributed by atoms with E-state index in [1.165, 1.54) is 18.2 Å². The molecule has 0 aliphatic rings. The number of halogens is 1. The van der Waals surface area contributed by atoms with E-state index in [1.54, 1.807) is 13.8 Å². The van der Waals surface area contributed by atoms with Crippen molar-refractivity contribution in [1.82, 2.24) is 10.6 Å². The summed E-state index contributed by atoms with van der Waals surface area (Å²) >= 11 is 3.18. The van der Waals surface area contributed by atoms with E-state index >= 15 is 0 Å². The summed E-state index contributed by atoms with van der Waals surface area (Å²) in [6.45, 7) is 3.11. The van der Waals surface area contributed by atoms with Crippen molar-refractivity contribution in [3.05, 3.63) is 28.2 Å². The van der Waals surface area contributed by atoms with Crippen LogP contribution in [0.3, 0.4) is 0 Å². The van der Waals surface area contributed by atoms with E-state index in [-0.39, 0.29) is 17.4 Å². The van der Waals surface area contributed by atoms with Crippen LogP contribution in [0.2, 0.25) is 0 Å². The molecule has 0 radical (unpaired) electrons. The summed E-state index contributed by atoms with van der Waals surface area (Å²) in [4.78, 5) is 33.7. The summed E-state index contributed by atoms with van der Waals surface area (Å²) in [6.07, 6.45) is 0. The van der Waals surface area contributed by atoms with Gasteiger partial charge in [-0.05, 0) is 48.0 Å².